The molecule has 0 aromatic heterocycles. The van der Waals surface area contributed by atoms with Crippen LogP contribution in [-0.2, 0) is 32.3 Å². The molecule has 0 radical (unpaired) electrons. The average molecular weight is 524 g/mol. The van der Waals surface area contributed by atoms with Crippen LogP contribution in [0.25, 0.3) is 0 Å². The molecule has 38 heavy (non-hydrogen) atoms. The minimum absolute atomic E-state index is 0.0593. The number of methoxy groups -OCH3 is 2. The van der Waals surface area contributed by atoms with Crippen molar-refractivity contribution in [3.8, 4) is 11.5 Å². The van der Waals surface area contributed by atoms with Crippen LogP contribution < -0.4 is 15.2 Å². The fourth-order valence-electron chi connectivity index (χ4n) is 5.52. The first-order valence-electron chi connectivity index (χ1n) is 12.5. The van der Waals surface area contributed by atoms with E-state index in [-0.39, 0.29) is 55.5 Å². The molecule has 4 amide bonds. The van der Waals surface area contributed by atoms with E-state index in [1.54, 1.807) is 38.5 Å². The lowest BCUT2D eigenvalue weighted by Crippen LogP contribution is -2.71. The van der Waals surface area contributed by atoms with E-state index in [0.717, 1.165) is 21.8 Å². The topological polar surface area (TPSA) is 119 Å². The van der Waals surface area contributed by atoms with Crippen molar-refractivity contribution < 1.29 is 33.0 Å². The maximum absolute atomic E-state index is 14.0. The van der Waals surface area contributed by atoms with Crippen LogP contribution >= 0.6 is 0 Å². The number of hydrogen-bond acceptors (Lipinski definition) is 7. The zero-order valence-electron chi connectivity index (χ0n) is 21.3. The summed E-state index contributed by atoms with van der Waals surface area (Å²) in [4.78, 5) is 50.5. The number of halogens is 1. The summed E-state index contributed by atoms with van der Waals surface area (Å²) in [6.07, 6.45) is 1.13. The second-order valence-corrected chi connectivity index (χ2v) is 10.5. The van der Waals surface area contributed by atoms with E-state index in [1.165, 1.54) is 4.90 Å². The fraction of sp³-hybridized carbons (Fsp3) is 0.429. The van der Waals surface area contributed by atoms with Crippen molar-refractivity contribution in [3.63, 3.8) is 0 Å². The van der Waals surface area contributed by atoms with Gasteiger partial charge in [-0.3, -0.25) is 29.0 Å². The van der Waals surface area contributed by atoms with Gasteiger partial charge in [0.15, 0.2) is 5.67 Å². The molecule has 2 N–H and O–H groups in total. The number of piperidine rings is 4. The van der Waals surface area contributed by atoms with Crippen molar-refractivity contribution in [2.45, 2.75) is 50.0 Å². The summed E-state index contributed by atoms with van der Waals surface area (Å²) in [5.41, 5.74) is 5.06. The van der Waals surface area contributed by atoms with Gasteiger partial charge in [0, 0.05) is 24.7 Å². The minimum atomic E-state index is -1.80. The highest BCUT2D eigenvalue weighted by atomic mass is 19.1. The average Bonchev–Trinajstić information content (AvgIpc) is 2.89. The second kappa shape index (κ2) is 9.50. The SMILES string of the molecule is COc1ccc(CN2C(=O)C3CC(F)(C3)C2=O)cc1.COc1ccc(CN2C(=O)C3CC(N)(C3)C2=O)cc1. The molecule has 6 fully saturated rings. The molecule has 0 unspecified atom stereocenters. The molecular weight excluding hydrogens is 493 g/mol. The molecule has 2 aromatic carbocycles. The van der Waals surface area contributed by atoms with Crippen LogP contribution in [0.4, 0.5) is 4.39 Å². The van der Waals surface area contributed by atoms with Gasteiger partial charge < -0.3 is 15.2 Å². The molecule has 4 heterocycles. The van der Waals surface area contributed by atoms with Gasteiger partial charge in [-0.2, -0.15) is 0 Å². The predicted molar refractivity (Wildman–Crippen MR) is 133 cm³/mol. The molecule has 8 rings (SSSR count). The number of benzene rings is 2. The number of amides is 4. The molecular formula is C28H30FN3O6. The smallest absolute Gasteiger partial charge is 0.267 e. The van der Waals surface area contributed by atoms with E-state index in [1.807, 2.05) is 24.3 Å². The maximum Gasteiger partial charge on any atom is 0.267 e. The van der Waals surface area contributed by atoms with Crippen molar-refractivity contribution in [3.05, 3.63) is 59.7 Å². The van der Waals surface area contributed by atoms with Crippen LogP contribution in [0.5, 0.6) is 11.5 Å². The lowest BCUT2D eigenvalue weighted by molar-refractivity contribution is -0.180. The van der Waals surface area contributed by atoms with Crippen LogP contribution in [-0.4, -0.2) is 58.9 Å². The van der Waals surface area contributed by atoms with Gasteiger partial charge in [0.1, 0.15) is 11.5 Å². The third kappa shape index (κ3) is 4.42. The van der Waals surface area contributed by atoms with Crippen LogP contribution in [0.15, 0.2) is 48.5 Å². The largest absolute Gasteiger partial charge is 0.497 e. The highest BCUT2D eigenvalue weighted by Crippen LogP contribution is 2.48. The van der Waals surface area contributed by atoms with Gasteiger partial charge in [0.2, 0.25) is 17.7 Å². The van der Waals surface area contributed by atoms with Crippen molar-refractivity contribution in [1.82, 2.24) is 9.80 Å². The lowest BCUT2D eigenvalue weighted by atomic mass is 9.64. The first kappa shape index (κ1) is 25.8. The van der Waals surface area contributed by atoms with Crippen LogP contribution in [0, 0.1) is 11.8 Å². The summed E-state index contributed by atoms with van der Waals surface area (Å²) >= 11 is 0. The van der Waals surface area contributed by atoms with Crippen molar-refractivity contribution in [2.24, 2.45) is 17.6 Å². The van der Waals surface area contributed by atoms with Gasteiger partial charge >= 0.3 is 0 Å². The molecule has 10 heteroatoms. The van der Waals surface area contributed by atoms with E-state index in [0.29, 0.717) is 18.6 Å². The van der Waals surface area contributed by atoms with Crippen molar-refractivity contribution in [2.75, 3.05) is 14.2 Å². The van der Waals surface area contributed by atoms with Gasteiger partial charge in [-0.25, -0.2) is 4.39 Å². The Hall–Kier alpha value is -3.79. The first-order valence-corrected chi connectivity index (χ1v) is 12.5. The quantitative estimate of drug-likeness (QED) is 0.578. The monoisotopic (exact) mass is 523 g/mol. The number of rotatable bonds is 6. The Balaban J connectivity index is 0.000000155. The molecule has 0 atom stereocenters. The number of hydrogen-bond donors (Lipinski definition) is 1. The number of nitrogens with two attached hydrogens (primary N) is 1. The summed E-state index contributed by atoms with van der Waals surface area (Å²) in [5.74, 6) is -0.204. The molecule has 4 saturated heterocycles. The van der Waals surface area contributed by atoms with E-state index in [9.17, 15) is 23.6 Å². The maximum atomic E-state index is 14.0. The van der Waals surface area contributed by atoms with Gasteiger partial charge in [-0.15, -0.1) is 0 Å². The normalized spacial score (nSPS) is 29.2. The number of ether oxygens (including phenoxy) is 2. The lowest BCUT2D eigenvalue weighted by Gasteiger charge is -2.51. The zero-order chi connectivity index (χ0) is 27.2. The Morgan fingerprint density at radius 2 is 1.13 bits per heavy atom. The van der Waals surface area contributed by atoms with Gasteiger partial charge in [-0.1, -0.05) is 24.3 Å². The molecule has 2 saturated carbocycles. The highest BCUT2D eigenvalue weighted by Gasteiger charge is 2.62. The Bertz CT molecular complexity index is 1170. The molecule has 2 aromatic rings. The molecule has 9 nitrogen and oxygen atoms in total. The Labute approximate surface area is 219 Å². The van der Waals surface area contributed by atoms with Crippen molar-refractivity contribution in [1.29, 1.82) is 0 Å². The highest BCUT2D eigenvalue weighted by molar-refractivity contribution is 6.07. The van der Waals surface area contributed by atoms with Crippen molar-refractivity contribution >= 4 is 23.6 Å². The van der Waals surface area contributed by atoms with E-state index in [2.05, 4.69) is 0 Å². The fourth-order valence-corrected chi connectivity index (χ4v) is 5.52. The summed E-state index contributed by atoms with van der Waals surface area (Å²) in [5, 5.41) is 0. The third-order valence-corrected chi connectivity index (χ3v) is 7.89. The predicted octanol–water partition coefficient (Wildman–Crippen LogP) is 2.35. The Morgan fingerprint density at radius 1 is 0.737 bits per heavy atom. The number of alkyl halides is 1. The standard InChI is InChI=1S/C14H14FNO3.C14H16N2O3/c2*1-19-11-4-2-9(3-5-11)8-16-12(17)10-6-14(15,7-10)13(16)18/h2-5,10H,6-8H2,1H3;2-5,10H,6-8,15H2,1H3. The second-order valence-electron chi connectivity index (χ2n) is 10.5. The Morgan fingerprint density at radius 3 is 1.55 bits per heavy atom. The van der Waals surface area contributed by atoms with Crippen LogP contribution in [0.2, 0.25) is 0 Å². The van der Waals surface area contributed by atoms with E-state index < -0.39 is 17.1 Å². The van der Waals surface area contributed by atoms with Gasteiger partial charge in [-0.05, 0) is 48.2 Å². The zero-order valence-corrected chi connectivity index (χ0v) is 21.3. The van der Waals surface area contributed by atoms with Gasteiger partial charge in [0.05, 0.1) is 32.8 Å². The first-order chi connectivity index (χ1) is 18.1. The summed E-state index contributed by atoms with van der Waals surface area (Å²) < 4.78 is 24.1. The van der Waals surface area contributed by atoms with E-state index in [4.69, 9.17) is 15.2 Å². The van der Waals surface area contributed by atoms with Crippen LogP contribution in [0.1, 0.15) is 36.8 Å². The third-order valence-electron chi connectivity index (χ3n) is 7.89. The summed E-state index contributed by atoms with van der Waals surface area (Å²) in [7, 11) is 3.16. The molecule has 4 aliphatic heterocycles. The number of carbonyl (C=O) groups is 4. The molecule has 6 aliphatic rings. The molecule has 0 spiro atoms. The molecule has 4 bridgehead atoms. The number of carbonyl (C=O) groups excluding carboxylic acids is 4. The minimum Gasteiger partial charge on any atom is -0.497 e. The summed E-state index contributed by atoms with van der Waals surface area (Å²) in [6.45, 7) is 0.418. The molecule has 2 aliphatic carbocycles. The Kier molecular flexibility index (Phi) is 6.46. The molecule has 200 valence electrons. The number of imide groups is 2. The van der Waals surface area contributed by atoms with E-state index >= 15 is 0 Å². The summed E-state index contributed by atoms with van der Waals surface area (Å²) in [6, 6.07) is 14.4. The number of nitrogens with zero attached hydrogens (tertiary/aromatic N) is 2. The number of fused-ring (bicyclic) bond motifs is 4. The van der Waals surface area contributed by atoms with Gasteiger partial charge in [0.25, 0.3) is 5.91 Å². The van der Waals surface area contributed by atoms with Crippen LogP contribution in [0.3, 0.4) is 0 Å².